The van der Waals surface area contributed by atoms with Crippen molar-refractivity contribution in [2.24, 2.45) is 0 Å². The zero-order chi connectivity index (χ0) is 12.5. The van der Waals surface area contributed by atoms with Gasteiger partial charge in [-0.05, 0) is 24.5 Å². The van der Waals surface area contributed by atoms with Crippen LogP contribution in [-0.4, -0.2) is 22.0 Å². The number of carbonyl (C=O) groups is 2. The van der Waals surface area contributed by atoms with E-state index < -0.39 is 5.97 Å². The summed E-state index contributed by atoms with van der Waals surface area (Å²) in [6.45, 7) is 0.464. The number of hydrogen-bond donors (Lipinski definition) is 2. The number of carboxylic acids is 1. The molecule has 5 nitrogen and oxygen atoms in total. The van der Waals surface area contributed by atoms with E-state index in [-0.39, 0.29) is 12.3 Å². The molecule has 0 aromatic carbocycles. The topological polar surface area (TPSA) is 79.3 Å². The first kappa shape index (κ1) is 13.2. The van der Waals surface area contributed by atoms with E-state index in [0.29, 0.717) is 25.8 Å². The van der Waals surface area contributed by atoms with Gasteiger partial charge in [-0.1, -0.05) is 6.07 Å². The molecule has 0 radical (unpaired) electrons. The molecule has 0 aliphatic carbocycles. The molecule has 0 fully saturated rings. The van der Waals surface area contributed by atoms with Crippen molar-refractivity contribution >= 4 is 11.9 Å². The van der Waals surface area contributed by atoms with Gasteiger partial charge in [-0.2, -0.15) is 0 Å². The van der Waals surface area contributed by atoms with E-state index in [1.54, 1.807) is 12.4 Å². The first-order valence-corrected chi connectivity index (χ1v) is 5.56. The van der Waals surface area contributed by atoms with E-state index >= 15 is 0 Å². The third-order valence-electron chi connectivity index (χ3n) is 2.26. The number of rotatable bonds is 7. The molecule has 2 N–H and O–H groups in total. The Bertz CT molecular complexity index is 365. The van der Waals surface area contributed by atoms with Gasteiger partial charge in [-0.25, -0.2) is 0 Å². The van der Waals surface area contributed by atoms with E-state index in [0.717, 1.165) is 5.56 Å². The zero-order valence-corrected chi connectivity index (χ0v) is 9.56. The maximum absolute atomic E-state index is 11.4. The summed E-state index contributed by atoms with van der Waals surface area (Å²) >= 11 is 0. The Balaban J connectivity index is 2.11. The SMILES string of the molecule is O=C(O)CCCCC(=O)NCc1cccnc1. The lowest BCUT2D eigenvalue weighted by molar-refractivity contribution is -0.137. The van der Waals surface area contributed by atoms with Gasteiger partial charge in [0.1, 0.15) is 0 Å². The van der Waals surface area contributed by atoms with Gasteiger partial charge >= 0.3 is 5.97 Å². The summed E-state index contributed by atoms with van der Waals surface area (Å²) in [4.78, 5) is 25.6. The van der Waals surface area contributed by atoms with Crippen molar-refractivity contribution in [2.75, 3.05) is 0 Å². The molecule has 0 atom stereocenters. The number of carbonyl (C=O) groups excluding carboxylic acids is 1. The van der Waals surface area contributed by atoms with Gasteiger partial charge in [-0.3, -0.25) is 14.6 Å². The van der Waals surface area contributed by atoms with Gasteiger partial charge < -0.3 is 10.4 Å². The van der Waals surface area contributed by atoms with Crippen LogP contribution in [0.25, 0.3) is 0 Å². The molecule has 0 spiro atoms. The Morgan fingerprint density at radius 1 is 1.29 bits per heavy atom. The number of nitrogens with zero attached hydrogens (tertiary/aromatic N) is 1. The first-order chi connectivity index (χ1) is 8.18. The second-order valence-corrected chi connectivity index (χ2v) is 3.74. The molecular weight excluding hydrogens is 220 g/mol. The lowest BCUT2D eigenvalue weighted by atomic mass is 10.2. The average molecular weight is 236 g/mol. The molecule has 1 heterocycles. The largest absolute Gasteiger partial charge is 0.481 e. The van der Waals surface area contributed by atoms with Crippen LogP contribution in [0.5, 0.6) is 0 Å². The molecule has 1 amide bonds. The molecule has 0 saturated carbocycles. The highest BCUT2D eigenvalue weighted by Gasteiger charge is 2.02. The van der Waals surface area contributed by atoms with Crippen LogP contribution in [0.15, 0.2) is 24.5 Å². The minimum atomic E-state index is -0.819. The van der Waals surface area contributed by atoms with E-state index in [2.05, 4.69) is 10.3 Å². The number of amides is 1. The Morgan fingerprint density at radius 3 is 2.71 bits per heavy atom. The smallest absolute Gasteiger partial charge is 0.303 e. The Labute approximate surface area is 99.9 Å². The maximum atomic E-state index is 11.4. The van der Waals surface area contributed by atoms with Crippen LogP contribution >= 0.6 is 0 Å². The molecule has 1 aromatic rings. The van der Waals surface area contributed by atoms with Crippen molar-refractivity contribution in [2.45, 2.75) is 32.2 Å². The molecule has 0 unspecified atom stereocenters. The van der Waals surface area contributed by atoms with Crippen LogP contribution in [0.2, 0.25) is 0 Å². The Kier molecular flexibility index (Phi) is 5.71. The molecule has 5 heteroatoms. The summed E-state index contributed by atoms with van der Waals surface area (Å²) in [5, 5.41) is 11.2. The number of carboxylic acid groups (broad SMARTS) is 1. The molecule has 1 rings (SSSR count). The van der Waals surface area contributed by atoms with Crippen molar-refractivity contribution < 1.29 is 14.7 Å². The van der Waals surface area contributed by atoms with Crippen molar-refractivity contribution in [3.8, 4) is 0 Å². The third kappa shape index (κ3) is 6.29. The van der Waals surface area contributed by atoms with Crippen LogP contribution in [0, 0.1) is 0 Å². The lowest BCUT2D eigenvalue weighted by Crippen LogP contribution is -2.22. The van der Waals surface area contributed by atoms with E-state index in [1.807, 2.05) is 12.1 Å². The summed E-state index contributed by atoms with van der Waals surface area (Å²) in [5.41, 5.74) is 0.950. The minimum absolute atomic E-state index is 0.0563. The minimum Gasteiger partial charge on any atom is -0.481 e. The Hall–Kier alpha value is -1.91. The van der Waals surface area contributed by atoms with Crippen molar-refractivity contribution in [3.05, 3.63) is 30.1 Å². The highest BCUT2D eigenvalue weighted by atomic mass is 16.4. The van der Waals surface area contributed by atoms with Crippen molar-refractivity contribution in [3.63, 3.8) is 0 Å². The molecule has 1 aromatic heterocycles. The van der Waals surface area contributed by atoms with E-state index in [4.69, 9.17) is 5.11 Å². The van der Waals surface area contributed by atoms with Gasteiger partial charge in [0.15, 0.2) is 0 Å². The van der Waals surface area contributed by atoms with Crippen LogP contribution in [0.4, 0.5) is 0 Å². The van der Waals surface area contributed by atoms with Crippen molar-refractivity contribution in [1.82, 2.24) is 10.3 Å². The van der Waals surface area contributed by atoms with E-state index in [9.17, 15) is 9.59 Å². The fourth-order valence-electron chi connectivity index (χ4n) is 1.35. The number of hydrogen-bond acceptors (Lipinski definition) is 3. The quantitative estimate of drug-likeness (QED) is 0.700. The summed E-state index contributed by atoms with van der Waals surface area (Å²) in [7, 11) is 0. The second-order valence-electron chi connectivity index (χ2n) is 3.74. The van der Waals surface area contributed by atoms with Gasteiger partial charge in [0, 0.05) is 31.8 Å². The standard InChI is InChI=1S/C12H16N2O3/c15-11(5-1-2-6-12(16)17)14-9-10-4-3-7-13-8-10/h3-4,7-8H,1-2,5-6,9H2,(H,14,15)(H,16,17). The first-order valence-electron chi connectivity index (χ1n) is 5.56. The summed E-state index contributed by atoms with van der Waals surface area (Å²) < 4.78 is 0. The molecule has 0 saturated heterocycles. The fourth-order valence-corrected chi connectivity index (χ4v) is 1.35. The van der Waals surface area contributed by atoms with Crippen LogP contribution in [0.3, 0.4) is 0 Å². The summed E-state index contributed by atoms with van der Waals surface area (Å²) in [6, 6.07) is 3.70. The van der Waals surface area contributed by atoms with Crippen LogP contribution in [0.1, 0.15) is 31.2 Å². The average Bonchev–Trinajstić information content (AvgIpc) is 2.33. The fraction of sp³-hybridized carbons (Fsp3) is 0.417. The van der Waals surface area contributed by atoms with E-state index in [1.165, 1.54) is 0 Å². The lowest BCUT2D eigenvalue weighted by Gasteiger charge is -2.04. The van der Waals surface area contributed by atoms with Gasteiger partial charge in [-0.15, -0.1) is 0 Å². The van der Waals surface area contributed by atoms with Gasteiger partial charge in [0.25, 0.3) is 0 Å². The molecule has 0 aliphatic rings. The molecule has 17 heavy (non-hydrogen) atoms. The molecule has 92 valence electrons. The highest BCUT2D eigenvalue weighted by molar-refractivity contribution is 5.75. The van der Waals surface area contributed by atoms with Gasteiger partial charge in [0.05, 0.1) is 0 Å². The maximum Gasteiger partial charge on any atom is 0.303 e. The molecule has 0 bridgehead atoms. The normalized spacial score (nSPS) is 9.88. The zero-order valence-electron chi connectivity index (χ0n) is 9.56. The number of aliphatic carboxylic acids is 1. The summed E-state index contributed by atoms with van der Waals surface area (Å²) in [5.74, 6) is -0.875. The van der Waals surface area contributed by atoms with Crippen LogP contribution < -0.4 is 5.32 Å². The number of unbranched alkanes of at least 4 members (excludes halogenated alkanes) is 1. The Morgan fingerprint density at radius 2 is 2.06 bits per heavy atom. The number of aromatic nitrogens is 1. The molecule has 0 aliphatic heterocycles. The third-order valence-corrected chi connectivity index (χ3v) is 2.26. The monoisotopic (exact) mass is 236 g/mol. The predicted molar refractivity (Wildman–Crippen MR) is 62.2 cm³/mol. The number of nitrogens with one attached hydrogen (secondary N) is 1. The second kappa shape index (κ2) is 7.38. The predicted octanol–water partition coefficient (Wildman–Crippen LogP) is 1.34. The summed E-state index contributed by atoms with van der Waals surface area (Å²) in [6.07, 6.45) is 5.01. The molecular formula is C12H16N2O3. The highest BCUT2D eigenvalue weighted by Crippen LogP contribution is 2.00. The van der Waals surface area contributed by atoms with Crippen molar-refractivity contribution in [1.29, 1.82) is 0 Å². The number of pyridine rings is 1. The van der Waals surface area contributed by atoms with Gasteiger partial charge in [0.2, 0.25) is 5.91 Å². The van der Waals surface area contributed by atoms with Crippen LogP contribution in [-0.2, 0) is 16.1 Å².